The number of morpholine rings is 1. The van der Waals surface area contributed by atoms with Crippen molar-refractivity contribution in [3.05, 3.63) is 30.1 Å². The fourth-order valence-corrected chi connectivity index (χ4v) is 2.61. The number of rotatable bonds is 6. The maximum absolute atomic E-state index is 13.0. The number of benzene rings is 1. The quantitative estimate of drug-likeness (QED) is 0.867. The molecule has 4 nitrogen and oxygen atoms in total. The molecule has 0 aromatic heterocycles. The van der Waals surface area contributed by atoms with Crippen LogP contribution in [0, 0.1) is 5.82 Å². The maximum atomic E-state index is 13.0. The SMILES string of the molecule is CC(C)N(CC(O)CN1CCOCC1)c1ccc(F)cc1. The third-order valence-electron chi connectivity index (χ3n) is 3.76. The third kappa shape index (κ3) is 4.95. The van der Waals surface area contributed by atoms with E-state index in [9.17, 15) is 9.50 Å². The molecule has 0 radical (unpaired) electrons. The minimum Gasteiger partial charge on any atom is -0.390 e. The number of β-amino-alcohol motifs (C(OH)–C–C–N with tert-alkyl or cyclic N) is 1. The van der Waals surface area contributed by atoms with Crippen LogP contribution in [-0.2, 0) is 4.74 Å². The van der Waals surface area contributed by atoms with Crippen molar-refractivity contribution >= 4 is 5.69 Å². The van der Waals surface area contributed by atoms with Gasteiger partial charge in [0.05, 0.1) is 19.3 Å². The van der Waals surface area contributed by atoms with Gasteiger partial charge in [-0.25, -0.2) is 4.39 Å². The van der Waals surface area contributed by atoms with Gasteiger partial charge in [-0.1, -0.05) is 0 Å². The van der Waals surface area contributed by atoms with Gasteiger partial charge in [0.25, 0.3) is 0 Å². The minimum absolute atomic E-state index is 0.240. The van der Waals surface area contributed by atoms with Crippen molar-refractivity contribution in [1.82, 2.24) is 4.90 Å². The highest BCUT2D eigenvalue weighted by Gasteiger charge is 2.19. The van der Waals surface area contributed by atoms with Crippen molar-refractivity contribution in [2.45, 2.75) is 26.0 Å². The molecule has 1 aromatic carbocycles. The molecule has 1 heterocycles. The first-order valence-corrected chi connectivity index (χ1v) is 7.56. The van der Waals surface area contributed by atoms with Crippen molar-refractivity contribution in [3.63, 3.8) is 0 Å². The first-order valence-electron chi connectivity index (χ1n) is 7.56. The lowest BCUT2D eigenvalue weighted by Crippen LogP contribution is -2.46. The molecule has 0 saturated carbocycles. The molecule has 21 heavy (non-hydrogen) atoms. The summed E-state index contributed by atoms with van der Waals surface area (Å²) < 4.78 is 18.3. The number of nitrogens with zero attached hydrogens (tertiary/aromatic N) is 2. The molecule has 5 heteroatoms. The number of anilines is 1. The zero-order valence-electron chi connectivity index (χ0n) is 12.8. The van der Waals surface area contributed by atoms with Gasteiger partial charge in [0, 0.05) is 37.9 Å². The third-order valence-corrected chi connectivity index (χ3v) is 3.76. The zero-order valence-corrected chi connectivity index (χ0v) is 12.8. The fraction of sp³-hybridized carbons (Fsp3) is 0.625. The Bertz CT molecular complexity index is 419. The average Bonchev–Trinajstić information content (AvgIpc) is 2.47. The number of hydrogen-bond donors (Lipinski definition) is 1. The van der Waals surface area contributed by atoms with Crippen LogP contribution in [0.2, 0.25) is 0 Å². The van der Waals surface area contributed by atoms with Gasteiger partial charge in [0.15, 0.2) is 0 Å². The highest BCUT2D eigenvalue weighted by Crippen LogP contribution is 2.18. The van der Waals surface area contributed by atoms with Gasteiger partial charge < -0.3 is 14.7 Å². The molecule has 0 amide bonds. The summed E-state index contributed by atoms with van der Waals surface area (Å²) in [5.74, 6) is -0.240. The summed E-state index contributed by atoms with van der Waals surface area (Å²) in [7, 11) is 0. The molecule has 0 spiro atoms. The van der Waals surface area contributed by atoms with Crippen LogP contribution in [0.4, 0.5) is 10.1 Å². The lowest BCUT2D eigenvalue weighted by Gasteiger charge is -2.34. The van der Waals surface area contributed by atoms with E-state index in [2.05, 4.69) is 23.6 Å². The van der Waals surface area contributed by atoms with Gasteiger partial charge in [0.2, 0.25) is 0 Å². The van der Waals surface area contributed by atoms with Crippen LogP contribution in [-0.4, -0.2) is 61.5 Å². The van der Waals surface area contributed by atoms with E-state index >= 15 is 0 Å². The molecular weight excluding hydrogens is 271 g/mol. The van der Waals surface area contributed by atoms with Gasteiger partial charge in [-0.2, -0.15) is 0 Å². The summed E-state index contributed by atoms with van der Waals surface area (Å²) in [5, 5.41) is 10.3. The second kappa shape index (κ2) is 7.73. The highest BCUT2D eigenvalue weighted by atomic mass is 19.1. The summed E-state index contributed by atoms with van der Waals surface area (Å²) in [6.45, 7) is 8.55. The standard InChI is InChI=1S/C16H25FN2O2/c1-13(2)19(15-5-3-14(17)4-6-15)12-16(20)11-18-7-9-21-10-8-18/h3-6,13,16,20H,7-12H2,1-2H3. The van der Waals surface area contributed by atoms with Gasteiger partial charge in [-0.05, 0) is 38.1 Å². The van der Waals surface area contributed by atoms with Crippen molar-refractivity contribution in [2.75, 3.05) is 44.3 Å². The van der Waals surface area contributed by atoms with E-state index in [1.165, 1.54) is 12.1 Å². The molecule has 0 bridgehead atoms. The van der Waals surface area contributed by atoms with Crippen LogP contribution in [0.1, 0.15) is 13.8 Å². The van der Waals surface area contributed by atoms with Crippen molar-refractivity contribution in [3.8, 4) is 0 Å². The second-order valence-electron chi connectivity index (χ2n) is 5.79. The summed E-state index contributed by atoms with van der Waals surface area (Å²) in [6, 6.07) is 6.68. The van der Waals surface area contributed by atoms with Crippen LogP contribution in [0.15, 0.2) is 24.3 Å². The highest BCUT2D eigenvalue weighted by molar-refractivity contribution is 5.47. The van der Waals surface area contributed by atoms with Crippen molar-refractivity contribution < 1.29 is 14.2 Å². The number of halogens is 1. The fourth-order valence-electron chi connectivity index (χ4n) is 2.61. The van der Waals surface area contributed by atoms with Crippen LogP contribution in [0.5, 0.6) is 0 Å². The number of ether oxygens (including phenoxy) is 1. The number of aliphatic hydroxyl groups excluding tert-OH is 1. The monoisotopic (exact) mass is 296 g/mol. The van der Waals surface area contributed by atoms with E-state index in [-0.39, 0.29) is 11.9 Å². The molecule has 1 saturated heterocycles. The normalized spacial score (nSPS) is 18.0. The average molecular weight is 296 g/mol. The Morgan fingerprint density at radius 1 is 1.24 bits per heavy atom. The molecular formula is C16H25FN2O2. The lowest BCUT2D eigenvalue weighted by molar-refractivity contribution is 0.0159. The minimum atomic E-state index is -0.435. The van der Waals surface area contributed by atoms with Crippen LogP contribution in [0.25, 0.3) is 0 Å². The lowest BCUT2D eigenvalue weighted by atomic mass is 10.2. The Morgan fingerprint density at radius 2 is 1.86 bits per heavy atom. The molecule has 0 aliphatic carbocycles. The van der Waals surface area contributed by atoms with E-state index in [1.54, 1.807) is 12.1 Å². The molecule has 1 fully saturated rings. The van der Waals surface area contributed by atoms with Gasteiger partial charge in [-0.15, -0.1) is 0 Å². The smallest absolute Gasteiger partial charge is 0.123 e. The second-order valence-corrected chi connectivity index (χ2v) is 5.79. The van der Waals surface area contributed by atoms with Crippen LogP contribution >= 0.6 is 0 Å². The number of aliphatic hydroxyl groups is 1. The summed E-state index contributed by atoms with van der Waals surface area (Å²) in [6.07, 6.45) is -0.435. The van der Waals surface area contributed by atoms with Crippen LogP contribution < -0.4 is 4.90 Å². The molecule has 1 aliphatic heterocycles. The molecule has 2 rings (SSSR count). The summed E-state index contributed by atoms with van der Waals surface area (Å²) in [5.41, 5.74) is 0.937. The molecule has 118 valence electrons. The van der Waals surface area contributed by atoms with Crippen molar-refractivity contribution in [1.29, 1.82) is 0 Å². The first kappa shape index (κ1) is 16.2. The Hall–Kier alpha value is -1.17. The van der Waals surface area contributed by atoms with Gasteiger partial charge in [0.1, 0.15) is 5.82 Å². The zero-order chi connectivity index (χ0) is 15.2. The van der Waals surface area contributed by atoms with Gasteiger partial charge in [-0.3, -0.25) is 4.90 Å². The largest absolute Gasteiger partial charge is 0.390 e. The molecule has 1 unspecified atom stereocenters. The maximum Gasteiger partial charge on any atom is 0.123 e. The number of hydrogen-bond acceptors (Lipinski definition) is 4. The molecule has 1 aromatic rings. The molecule has 1 atom stereocenters. The van der Waals surface area contributed by atoms with Crippen molar-refractivity contribution in [2.24, 2.45) is 0 Å². The Kier molecular flexibility index (Phi) is 5.96. The Labute approximate surface area is 126 Å². The first-order chi connectivity index (χ1) is 10.1. The summed E-state index contributed by atoms with van der Waals surface area (Å²) in [4.78, 5) is 4.32. The van der Waals surface area contributed by atoms with Crippen LogP contribution in [0.3, 0.4) is 0 Å². The molecule has 1 aliphatic rings. The Balaban J connectivity index is 1.93. The molecule has 1 N–H and O–H groups in total. The van der Waals surface area contributed by atoms with E-state index in [1.807, 2.05) is 0 Å². The topological polar surface area (TPSA) is 35.9 Å². The van der Waals surface area contributed by atoms with E-state index in [4.69, 9.17) is 4.74 Å². The Morgan fingerprint density at radius 3 is 2.43 bits per heavy atom. The van der Waals surface area contributed by atoms with E-state index in [0.29, 0.717) is 13.1 Å². The van der Waals surface area contributed by atoms with E-state index in [0.717, 1.165) is 32.0 Å². The van der Waals surface area contributed by atoms with Gasteiger partial charge >= 0.3 is 0 Å². The predicted molar refractivity (Wildman–Crippen MR) is 82.1 cm³/mol. The predicted octanol–water partition coefficient (Wildman–Crippen LogP) is 1.73. The summed E-state index contributed by atoms with van der Waals surface area (Å²) >= 11 is 0. The van der Waals surface area contributed by atoms with E-state index < -0.39 is 6.10 Å².